The summed E-state index contributed by atoms with van der Waals surface area (Å²) in [6.07, 6.45) is 4.99. The molecule has 1 atom stereocenters. The van der Waals surface area contributed by atoms with Crippen molar-refractivity contribution in [2.24, 2.45) is 5.92 Å². The minimum Gasteiger partial charge on any atom is -0.340 e. The molecule has 7 heteroatoms. The zero-order valence-corrected chi connectivity index (χ0v) is 15.7. The SMILES string of the molecule is O=C(Nc1cccc(F)c1)C1CCCN(c2ncc(-c3ccc(F)cc3)cn2)C1. The minimum atomic E-state index is -0.386. The first-order valence-corrected chi connectivity index (χ1v) is 9.48. The van der Waals surface area contributed by atoms with Crippen LogP contribution >= 0.6 is 0 Å². The summed E-state index contributed by atoms with van der Waals surface area (Å²) in [5, 5.41) is 2.78. The highest BCUT2D eigenvalue weighted by molar-refractivity contribution is 5.93. The molecule has 2 aromatic carbocycles. The van der Waals surface area contributed by atoms with E-state index in [-0.39, 0.29) is 23.5 Å². The fourth-order valence-corrected chi connectivity index (χ4v) is 3.46. The lowest BCUT2D eigenvalue weighted by molar-refractivity contribution is -0.120. The molecule has 148 valence electrons. The maximum absolute atomic E-state index is 13.3. The van der Waals surface area contributed by atoms with Crippen molar-refractivity contribution in [2.75, 3.05) is 23.3 Å². The second-order valence-corrected chi connectivity index (χ2v) is 7.06. The predicted molar refractivity (Wildman–Crippen MR) is 107 cm³/mol. The molecule has 0 radical (unpaired) electrons. The second kappa shape index (κ2) is 8.34. The summed E-state index contributed by atoms with van der Waals surface area (Å²) in [7, 11) is 0. The number of halogens is 2. The molecule has 1 unspecified atom stereocenters. The maximum Gasteiger partial charge on any atom is 0.229 e. The number of anilines is 2. The van der Waals surface area contributed by atoms with Crippen LogP contribution in [0, 0.1) is 17.6 Å². The number of amides is 1. The van der Waals surface area contributed by atoms with E-state index in [4.69, 9.17) is 0 Å². The molecule has 1 aliphatic rings. The van der Waals surface area contributed by atoms with E-state index in [1.54, 1.807) is 36.7 Å². The Morgan fingerprint density at radius 1 is 1.00 bits per heavy atom. The van der Waals surface area contributed by atoms with Crippen LogP contribution in [0.15, 0.2) is 60.9 Å². The number of nitrogens with zero attached hydrogens (tertiary/aromatic N) is 3. The van der Waals surface area contributed by atoms with Crippen LogP contribution in [0.3, 0.4) is 0 Å². The van der Waals surface area contributed by atoms with E-state index in [1.165, 1.54) is 24.3 Å². The van der Waals surface area contributed by atoms with Gasteiger partial charge >= 0.3 is 0 Å². The highest BCUT2D eigenvalue weighted by atomic mass is 19.1. The fourth-order valence-electron chi connectivity index (χ4n) is 3.46. The van der Waals surface area contributed by atoms with E-state index in [0.717, 1.165) is 30.5 Å². The zero-order valence-electron chi connectivity index (χ0n) is 15.7. The predicted octanol–water partition coefficient (Wildman–Crippen LogP) is 4.28. The molecule has 0 bridgehead atoms. The van der Waals surface area contributed by atoms with Crippen LogP contribution in [0.2, 0.25) is 0 Å². The van der Waals surface area contributed by atoms with Crippen LogP contribution in [0.5, 0.6) is 0 Å². The molecule has 1 N–H and O–H groups in total. The number of hydrogen-bond donors (Lipinski definition) is 1. The van der Waals surface area contributed by atoms with Crippen molar-refractivity contribution >= 4 is 17.5 Å². The van der Waals surface area contributed by atoms with Crippen LogP contribution in [-0.2, 0) is 4.79 Å². The average molecular weight is 394 g/mol. The Labute approximate surface area is 167 Å². The van der Waals surface area contributed by atoms with Crippen LogP contribution < -0.4 is 10.2 Å². The fraction of sp³-hybridized carbons (Fsp3) is 0.227. The maximum atomic E-state index is 13.3. The lowest BCUT2D eigenvalue weighted by Crippen LogP contribution is -2.41. The van der Waals surface area contributed by atoms with Gasteiger partial charge in [0.2, 0.25) is 11.9 Å². The van der Waals surface area contributed by atoms with Gasteiger partial charge in [0.15, 0.2) is 0 Å². The summed E-state index contributed by atoms with van der Waals surface area (Å²) in [6.45, 7) is 1.26. The van der Waals surface area contributed by atoms with Crippen LogP contribution in [0.25, 0.3) is 11.1 Å². The first kappa shape index (κ1) is 19.0. The topological polar surface area (TPSA) is 58.1 Å². The van der Waals surface area contributed by atoms with Crippen molar-refractivity contribution in [3.63, 3.8) is 0 Å². The molecular formula is C22H20F2N4O. The van der Waals surface area contributed by atoms with Crippen LogP contribution in [0.1, 0.15) is 12.8 Å². The zero-order chi connectivity index (χ0) is 20.2. The highest BCUT2D eigenvalue weighted by Gasteiger charge is 2.27. The van der Waals surface area contributed by atoms with Gasteiger partial charge in [-0.15, -0.1) is 0 Å². The van der Waals surface area contributed by atoms with E-state index in [2.05, 4.69) is 15.3 Å². The summed E-state index contributed by atoms with van der Waals surface area (Å²) in [5.74, 6) is -0.486. The Bertz CT molecular complexity index is 992. The normalized spacial score (nSPS) is 16.5. The van der Waals surface area contributed by atoms with Gasteiger partial charge < -0.3 is 10.2 Å². The van der Waals surface area contributed by atoms with Gasteiger partial charge in [-0.3, -0.25) is 4.79 Å². The molecule has 4 rings (SSSR count). The monoisotopic (exact) mass is 394 g/mol. The Morgan fingerprint density at radius 2 is 1.76 bits per heavy atom. The van der Waals surface area contributed by atoms with Crippen molar-refractivity contribution in [3.05, 3.63) is 72.6 Å². The summed E-state index contributed by atoms with van der Waals surface area (Å²) >= 11 is 0. The summed E-state index contributed by atoms with van der Waals surface area (Å²) in [5.41, 5.74) is 2.09. The van der Waals surface area contributed by atoms with Gasteiger partial charge in [-0.2, -0.15) is 0 Å². The molecule has 0 spiro atoms. The van der Waals surface area contributed by atoms with Crippen molar-refractivity contribution in [3.8, 4) is 11.1 Å². The average Bonchev–Trinajstić information content (AvgIpc) is 2.74. The van der Waals surface area contributed by atoms with Gasteiger partial charge in [0.05, 0.1) is 5.92 Å². The molecule has 29 heavy (non-hydrogen) atoms. The number of benzene rings is 2. The van der Waals surface area contributed by atoms with E-state index < -0.39 is 0 Å². The molecular weight excluding hydrogens is 374 g/mol. The molecule has 1 amide bonds. The quantitative estimate of drug-likeness (QED) is 0.718. The first-order valence-electron chi connectivity index (χ1n) is 9.48. The number of carbonyl (C=O) groups excluding carboxylic acids is 1. The van der Waals surface area contributed by atoms with E-state index in [9.17, 15) is 13.6 Å². The van der Waals surface area contributed by atoms with E-state index >= 15 is 0 Å². The number of hydrogen-bond acceptors (Lipinski definition) is 4. The number of carbonyl (C=O) groups is 1. The third-order valence-electron chi connectivity index (χ3n) is 4.98. The van der Waals surface area contributed by atoms with Crippen LogP contribution in [0.4, 0.5) is 20.4 Å². The van der Waals surface area contributed by atoms with Gasteiger partial charge in [0.25, 0.3) is 0 Å². The molecule has 3 aromatic rings. The molecule has 0 aliphatic carbocycles. The Balaban J connectivity index is 1.42. The number of rotatable bonds is 4. The molecule has 1 fully saturated rings. The molecule has 2 heterocycles. The number of aromatic nitrogens is 2. The Hall–Kier alpha value is -3.35. The summed E-state index contributed by atoms with van der Waals surface area (Å²) in [6, 6.07) is 12.0. The van der Waals surface area contributed by atoms with Crippen molar-refractivity contribution in [2.45, 2.75) is 12.8 Å². The van der Waals surface area contributed by atoms with Gasteiger partial charge in [-0.25, -0.2) is 18.7 Å². The smallest absolute Gasteiger partial charge is 0.229 e. The summed E-state index contributed by atoms with van der Waals surface area (Å²) in [4.78, 5) is 23.4. The lowest BCUT2D eigenvalue weighted by atomic mass is 9.97. The van der Waals surface area contributed by atoms with Crippen molar-refractivity contribution in [1.82, 2.24) is 9.97 Å². The third-order valence-corrected chi connectivity index (χ3v) is 4.98. The Morgan fingerprint density at radius 3 is 2.48 bits per heavy atom. The number of nitrogens with one attached hydrogen (secondary N) is 1. The third kappa shape index (κ3) is 4.56. The van der Waals surface area contributed by atoms with Gasteiger partial charge in [0, 0.05) is 36.7 Å². The molecule has 1 aromatic heterocycles. The molecule has 0 saturated carbocycles. The summed E-state index contributed by atoms with van der Waals surface area (Å²) < 4.78 is 26.4. The highest BCUT2D eigenvalue weighted by Crippen LogP contribution is 2.24. The van der Waals surface area contributed by atoms with Gasteiger partial charge in [-0.05, 0) is 48.7 Å². The van der Waals surface area contributed by atoms with E-state index in [0.29, 0.717) is 18.2 Å². The van der Waals surface area contributed by atoms with Crippen molar-refractivity contribution in [1.29, 1.82) is 0 Å². The first-order chi connectivity index (χ1) is 14.1. The number of piperidine rings is 1. The van der Waals surface area contributed by atoms with E-state index in [1.807, 2.05) is 4.90 Å². The van der Waals surface area contributed by atoms with Crippen molar-refractivity contribution < 1.29 is 13.6 Å². The minimum absolute atomic E-state index is 0.136. The second-order valence-electron chi connectivity index (χ2n) is 7.06. The van der Waals surface area contributed by atoms with Crippen LogP contribution in [-0.4, -0.2) is 29.0 Å². The van der Waals surface area contributed by atoms with Gasteiger partial charge in [0.1, 0.15) is 11.6 Å². The lowest BCUT2D eigenvalue weighted by Gasteiger charge is -2.32. The molecule has 1 saturated heterocycles. The largest absolute Gasteiger partial charge is 0.340 e. The Kier molecular flexibility index (Phi) is 5.46. The molecule has 5 nitrogen and oxygen atoms in total. The van der Waals surface area contributed by atoms with Gasteiger partial charge in [-0.1, -0.05) is 18.2 Å². The molecule has 1 aliphatic heterocycles. The standard InChI is InChI=1S/C22H20F2N4O/c23-18-8-6-15(7-9-18)17-12-25-22(26-13-17)28-10-2-3-16(14-28)21(29)27-20-5-1-4-19(24)11-20/h1,4-9,11-13,16H,2-3,10,14H2,(H,27,29).